The summed E-state index contributed by atoms with van der Waals surface area (Å²) in [6.45, 7) is 0. The molecule has 0 saturated carbocycles. The summed E-state index contributed by atoms with van der Waals surface area (Å²) in [5, 5.41) is 11.9. The van der Waals surface area contributed by atoms with Gasteiger partial charge in [-0.05, 0) is 30.3 Å². The van der Waals surface area contributed by atoms with Crippen LogP contribution in [0.1, 0.15) is 5.56 Å². The van der Waals surface area contributed by atoms with Crippen molar-refractivity contribution in [1.29, 1.82) is 5.26 Å². The molecule has 1 aromatic heterocycles. The molecule has 0 aliphatic rings. The molecule has 0 fully saturated rings. The molecule has 84 valence electrons. The fourth-order valence-corrected chi connectivity index (χ4v) is 1.60. The zero-order chi connectivity index (χ0) is 12.3. The topological polar surface area (TPSA) is 74.7 Å². The minimum atomic E-state index is 0.359. The number of hydrogen-bond acceptors (Lipinski definition) is 4. The van der Waals surface area contributed by atoms with Crippen LogP contribution in [-0.4, -0.2) is 4.98 Å². The lowest BCUT2D eigenvalue weighted by atomic mass is 10.2. The molecular formula is C12H9BrN4. The molecule has 2 rings (SSSR count). The summed E-state index contributed by atoms with van der Waals surface area (Å²) in [5.41, 5.74) is 7.45. The van der Waals surface area contributed by atoms with Crippen molar-refractivity contribution in [2.75, 3.05) is 11.1 Å². The number of nitrogens with two attached hydrogens (primary N) is 1. The third-order valence-electron chi connectivity index (χ3n) is 2.22. The number of nitrogen functional groups attached to an aromatic ring is 1. The minimum Gasteiger partial charge on any atom is -0.395 e. The quantitative estimate of drug-likeness (QED) is 0.891. The summed E-state index contributed by atoms with van der Waals surface area (Å²) in [7, 11) is 0. The van der Waals surface area contributed by atoms with Crippen LogP contribution < -0.4 is 11.1 Å². The van der Waals surface area contributed by atoms with E-state index in [2.05, 4.69) is 26.2 Å². The molecule has 0 aliphatic carbocycles. The Labute approximate surface area is 107 Å². The van der Waals surface area contributed by atoms with E-state index in [1.807, 2.05) is 30.3 Å². The molecular weight excluding hydrogens is 280 g/mol. The van der Waals surface area contributed by atoms with E-state index in [0.29, 0.717) is 17.1 Å². The van der Waals surface area contributed by atoms with Crippen molar-refractivity contribution < 1.29 is 0 Å². The SMILES string of the molecule is N#Cc1ccnc(Nc2ccc(Br)cc2)c1N. The van der Waals surface area contributed by atoms with Crippen LogP contribution in [0.25, 0.3) is 0 Å². The number of nitrogens with one attached hydrogen (secondary N) is 1. The van der Waals surface area contributed by atoms with Crippen LogP contribution >= 0.6 is 15.9 Å². The van der Waals surface area contributed by atoms with Crippen molar-refractivity contribution >= 4 is 33.1 Å². The maximum Gasteiger partial charge on any atom is 0.154 e. The molecule has 3 N–H and O–H groups in total. The van der Waals surface area contributed by atoms with E-state index < -0.39 is 0 Å². The summed E-state index contributed by atoms with van der Waals surface area (Å²) < 4.78 is 0.995. The number of aromatic nitrogens is 1. The average Bonchev–Trinajstić information content (AvgIpc) is 2.35. The molecule has 0 radical (unpaired) electrons. The van der Waals surface area contributed by atoms with Gasteiger partial charge < -0.3 is 11.1 Å². The van der Waals surface area contributed by atoms with E-state index in [1.54, 1.807) is 12.3 Å². The van der Waals surface area contributed by atoms with Crippen LogP contribution in [0.2, 0.25) is 0 Å². The number of nitriles is 1. The number of nitrogens with zero attached hydrogens (tertiary/aromatic N) is 2. The molecule has 0 atom stereocenters. The number of benzene rings is 1. The van der Waals surface area contributed by atoms with Gasteiger partial charge in [0.15, 0.2) is 5.82 Å². The molecule has 5 heteroatoms. The van der Waals surface area contributed by atoms with Crippen LogP contribution in [-0.2, 0) is 0 Å². The van der Waals surface area contributed by atoms with Gasteiger partial charge in [0, 0.05) is 16.4 Å². The van der Waals surface area contributed by atoms with Gasteiger partial charge in [0.1, 0.15) is 6.07 Å². The normalized spacial score (nSPS) is 9.65. The predicted octanol–water partition coefficient (Wildman–Crippen LogP) is 3.04. The Bertz CT molecular complexity index is 572. The third kappa shape index (κ3) is 2.55. The van der Waals surface area contributed by atoms with Gasteiger partial charge in [0.05, 0.1) is 11.3 Å². The highest BCUT2D eigenvalue weighted by Crippen LogP contribution is 2.24. The molecule has 2 aromatic rings. The molecule has 0 unspecified atom stereocenters. The zero-order valence-electron chi connectivity index (χ0n) is 8.81. The summed E-state index contributed by atoms with van der Waals surface area (Å²) >= 11 is 3.36. The van der Waals surface area contributed by atoms with Crippen molar-refractivity contribution in [3.05, 3.63) is 46.6 Å². The lowest BCUT2D eigenvalue weighted by Crippen LogP contribution is -2.01. The smallest absolute Gasteiger partial charge is 0.154 e. The highest BCUT2D eigenvalue weighted by Gasteiger charge is 2.05. The van der Waals surface area contributed by atoms with E-state index in [0.717, 1.165) is 10.2 Å². The highest BCUT2D eigenvalue weighted by atomic mass is 79.9. The average molecular weight is 289 g/mol. The lowest BCUT2D eigenvalue weighted by molar-refractivity contribution is 1.30. The van der Waals surface area contributed by atoms with Gasteiger partial charge in [0.2, 0.25) is 0 Å². The molecule has 4 nitrogen and oxygen atoms in total. The Hall–Kier alpha value is -2.06. The molecule has 0 bridgehead atoms. The Morgan fingerprint density at radius 1 is 1.24 bits per heavy atom. The molecule has 1 heterocycles. The second-order valence-corrected chi connectivity index (χ2v) is 4.28. The number of halogens is 1. The highest BCUT2D eigenvalue weighted by molar-refractivity contribution is 9.10. The first kappa shape index (κ1) is 11.4. The van der Waals surface area contributed by atoms with Crippen LogP contribution in [0.4, 0.5) is 17.2 Å². The Balaban J connectivity index is 2.31. The summed E-state index contributed by atoms with van der Waals surface area (Å²) in [4.78, 5) is 4.11. The van der Waals surface area contributed by atoms with E-state index in [-0.39, 0.29) is 0 Å². The number of anilines is 3. The summed E-state index contributed by atoms with van der Waals surface area (Å²) in [5.74, 6) is 0.492. The van der Waals surface area contributed by atoms with Crippen LogP contribution in [0.15, 0.2) is 41.0 Å². The summed E-state index contributed by atoms with van der Waals surface area (Å²) in [6.07, 6.45) is 1.55. The predicted molar refractivity (Wildman–Crippen MR) is 70.8 cm³/mol. The fraction of sp³-hybridized carbons (Fsp3) is 0. The number of pyridine rings is 1. The van der Waals surface area contributed by atoms with Gasteiger partial charge in [-0.2, -0.15) is 5.26 Å². The van der Waals surface area contributed by atoms with Gasteiger partial charge in [0.25, 0.3) is 0 Å². The van der Waals surface area contributed by atoms with Gasteiger partial charge in [-0.15, -0.1) is 0 Å². The van der Waals surface area contributed by atoms with E-state index >= 15 is 0 Å². The molecule has 1 aromatic carbocycles. The van der Waals surface area contributed by atoms with Crippen molar-refractivity contribution in [2.45, 2.75) is 0 Å². The summed E-state index contributed by atoms with van der Waals surface area (Å²) in [6, 6.07) is 11.2. The Morgan fingerprint density at radius 2 is 1.94 bits per heavy atom. The van der Waals surface area contributed by atoms with Gasteiger partial charge in [-0.1, -0.05) is 15.9 Å². The van der Waals surface area contributed by atoms with Crippen LogP contribution in [0.3, 0.4) is 0 Å². The maximum absolute atomic E-state index is 8.85. The van der Waals surface area contributed by atoms with Gasteiger partial charge in [-0.3, -0.25) is 0 Å². The van der Waals surface area contributed by atoms with Crippen LogP contribution in [0.5, 0.6) is 0 Å². The minimum absolute atomic E-state index is 0.359. The molecule has 0 saturated heterocycles. The second-order valence-electron chi connectivity index (χ2n) is 3.36. The molecule has 0 spiro atoms. The molecule has 0 amide bonds. The third-order valence-corrected chi connectivity index (χ3v) is 2.75. The molecule has 17 heavy (non-hydrogen) atoms. The number of rotatable bonds is 2. The standard InChI is InChI=1S/C12H9BrN4/c13-9-1-3-10(4-2-9)17-12-11(15)8(7-14)5-6-16-12/h1-6H,15H2,(H,16,17). The van der Waals surface area contributed by atoms with Crippen molar-refractivity contribution in [3.63, 3.8) is 0 Å². The fourth-order valence-electron chi connectivity index (χ4n) is 1.34. The first-order valence-corrected chi connectivity index (χ1v) is 5.67. The van der Waals surface area contributed by atoms with Gasteiger partial charge in [-0.25, -0.2) is 4.98 Å². The maximum atomic E-state index is 8.85. The zero-order valence-corrected chi connectivity index (χ0v) is 10.4. The first-order chi connectivity index (χ1) is 8.20. The number of hydrogen-bond donors (Lipinski definition) is 2. The Morgan fingerprint density at radius 3 is 2.59 bits per heavy atom. The van der Waals surface area contributed by atoms with Crippen LogP contribution in [0, 0.1) is 11.3 Å². The monoisotopic (exact) mass is 288 g/mol. The second kappa shape index (κ2) is 4.85. The van der Waals surface area contributed by atoms with Crippen molar-refractivity contribution in [3.8, 4) is 6.07 Å². The van der Waals surface area contributed by atoms with Crippen molar-refractivity contribution in [1.82, 2.24) is 4.98 Å². The van der Waals surface area contributed by atoms with E-state index in [9.17, 15) is 0 Å². The Kier molecular flexibility index (Phi) is 3.26. The molecule has 0 aliphatic heterocycles. The largest absolute Gasteiger partial charge is 0.395 e. The first-order valence-electron chi connectivity index (χ1n) is 4.88. The lowest BCUT2D eigenvalue weighted by Gasteiger charge is -2.08. The van der Waals surface area contributed by atoms with Crippen molar-refractivity contribution in [2.24, 2.45) is 0 Å². The van der Waals surface area contributed by atoms with Gasteiger partial charge >= 0.3 is 0 Å². The van der Waals surface area contributed by atoms with E-state index in [4.69, 9.17) is 11.0 Å². The van der Waals surface area contributed by atoms with E-state index in [1.165, 1.54) is 0 Å².